The van der Waals surface area contributed by atoms with E-state index in [4.69, 9.17) is 0 Å². The van der Waals surface area contributed by atoms with E-state index in [2.05, 4.69) is 0 Å². The number of hydrogen-bond acceptors (Lipinski definition) is 3. The summed E-state index contributed by atoms with van der Waals surface area (Å²) in [5, 5.41) is 9.66. The second-order valence-electron chi connectivity index (χ2n) is 4.55. The molecule has 0 aromatic heterocycles. The van der Waals surface area contributed by atoms with E-state index in [1.165, 1.54) is 0 Å². The fraction of sp³-hybridized carbons (Fsp3) is 1.00. The van der Waals surface area contributed by atoms with Crippen LogP contribution in [-0.2, 0) is 9.84 Å². The number of hydrogen-bond donors (Lipinski definition) is 1. The molecule has 1 aliphatic heterocycles. The molecule has 0 aromatic carbocycles. The Labute approximate surface area is 79.1 Å². The summed E-state index contributed by atoms with van der Waals surface area (Å²) in [6.45, 7) is 0. The maximum Gasteiger partial charge on any atom is 0.150 e. The number of rotatable bonds is 2. The van der Waals surface area contributed by atoms with Crippen molar-refractivity contribution in [3.05, 3.63) is 0 Å². The summed E-state index contributed by atoms with van der Waals surface area (Å²) >= 11 is 0. The van der Waals surface area contributed by atoms with Gasteiger partial charge in [0.15, 0.2) is 9.84 Å². The van der Waals surface area contributed by atoms with E-state index >= 15 is 0 Å². The molecule has 1 saturated carbocycles. The molecule has 1 atom stereocenters. The smallest absolute Gasteiger partial charge is 0.150 e. The Morgan fingerprint density at radius 1 is 1.38 bits per heavy atom. The van der Waals surface area contributed by atoms with Gasteiger partial charge in [0.25, 0.3) is 0 Å². The van der Waals surface area contributed by atoms with Crippen LogP contribution < -0.4 is 0 Å². The standard InChI is InChI=1S/C9H16O3S/c10-9(3-4-9)6-8-2-1-5-13(11,12)7-8/h8,10H,1-7H2. The summed E-state index contributed by atoms with van der Waals surface area (Å²) in [6, 6.07) is 0. The molecular weight excluding hydrogens is 188 g/mol. The van der Waals surface area contributed by atoms with Gasteiger partial charge < -0.3 is 5.11 Å². The van der Waals surface area contributed by atoms with Crippen LogP contribution in [0.1, 0.15) is 32.1 Å². The van der Waals surface area contributed by atoms with Crippen molar-refractivity contribution in [2.45, 2.75) is 37.7 Å². The molecule has 0 aromatic rings. The molecule has 76 valence electrons. The molecule has 0 spiro atoms. The molecule has 2 aliphatic rings. The fourth-order valence-electron chi connectivity index (χ4n) is 2.16. The highest BCUT2D eigenvalue weighted by molar-refractivity contribution is 7.91. The van der Waals surface area contributed by atoms with Crippen LogP contribution in [0.2, 0.25) is 0 Å². The SMILES string of the molecule is O=S1(=O)CCCC(CC2(O)CC2)C1. The molecular formula is C9H16O3S. The third-order valence-corrected chi connectivity index (χ3v) is 4.94. The van der Waals surface area contributed by atoms with E-state index in [1.54, 1.807) is 0 Å². The zero-order valence-electron chi connectivity index (χ0n) is 7.70. The Hall–Kier alpha value is -0.0900. The maximum atomic E-state index is 11.3. The van der Waals surface area contributed by atoms with E-state index in [0.717, 1.165) is 25.7 Å². The minimum atomic E-state index is -2.79. The molecule has 2 fully saturated rings. The van der Waals surface area contributed by atoms with Crippen molar-refractivity contribution in [2.24, 2.45) is 5.92 Å². The Morgan fingerprint density at radius 2 is 2.08 bits per heavy atom. The van der Waals surface area contributed by atoms with Crippen LogP contribution in [0.5, 0.6) is 0 Å². The summed E-state index contributed by atoms with van der Waals surface area (Å²) in [5.74, 6) is 0.864. The lowest BCUT2D eigenvalue weighted by molar-refractivity contribution is 0.119. The minimum absolute atomic E-state index is 0.214. The second-order valence-corrected chi connectivity index (χ2v) is 6.78. The molecule has 1 aliphatic carbocycles. The van der Waals surface area contributed by atoms with Crippen LogP contribution >= 0.6 is 0 Å². The Morgan fingerprint density at radius 3 is 2.62 bits per heavy atom. The predicted octanol–water partition coefficient (Wildman–Crippen LogP) is 0.726. The predicted molar refractivity (Wildman–Crippen MR) is 50.2 cm³/mol. The minimum Gasteiger partial charge on any atom is -0.390 e. The van der Waals surface area contributed by atoms with Crippen molar-refractivity contribution in [2.75, 3.05) is 11.5 Å². The summed E-state index contributed by atoms with van der Waals surface area (Å²) < 4.78 is 22.6. The monoisotopic (exact) mass is 204 g/mol. The van der Waals surface area contributed by atoms with Gasteiger partial charge in [0.2, 0.25) is 0 Å². The van der Waals surface area contributed by atoms with Gasteiger partial charge >= 0.3 is 0 Å². The van der Waals surface area contributed by atoms with Crippen LogP contribution in [0.25, 0.3) is 0 Å². The fourth-order valence-corrected chi connectivity index (χ4v) is 3.94. The van der Waals surface area contributed by atoms with Gasteiger partial charge in [0.05, 0.1) is 17.1 Å². The van der Waals surface area contributed by atoms with Crippen molar-refractivity contribution >= 4 is 9.84 Å². The Kier molecular flexibility index (Phi) is 2.15. The third kappa shape index (κ3) is 2.44. The van der Waals surface area contributed by atoms with Crippen molar-refractivity contribution in [1.29, 1.82) is 0 Å². The first-order valence-electron chi connectivity index (χ1n) is 4.92. The Bertz CT molecular complexity index is 290. The molecule has 0 bridgehead atoms. The van der Waals surface area contributed by atoms with E-state index < -0.39 is 15.4 Å². The maximum absolute atomic E-state index is 11.3. The molecule has 0 radical (unpaired) electrons. The van der Waals surface area contributed by atoms with E-state index in [1.807, 2.05) is 0 Å². The lowest BCUT2D eigenvalue weighted by Gasteiger charge is -2.23. The lowest BCUT2D eigenvalue weighted by Crippen LogP contribution is -2.28. The summed E-state index contributed by atoms with van der Waals surface area (Å²) in [6.07, 6.45) is 4.18. The first kappa shape index (κ1) is 9.46. The molecule has 13 heavy (non-hydrogen) atoms. The van der Waals surface area contributed by atoms with Gasteiger partial charge in [-0.25, -0.2) is 8.42 Å². The van der Waals surface area contributed by atoms with Gasteiger partial charge in [-0.1, -0.05) is 0 Å². The molecule has 1 heterocycles. The van der Waals surface area contributed by atoms with Crippen LogP contribution in [0.15, 0.2) is 0 Å². The van der Waals surface area contributed by atoms with Gasteiger partial charge in [-0.2, -0.15) is 0 Å². The molecule has 0 amide bonds. The van der Waals surface area contributed by atoms with E-state index in [-0.39, 0.29) is 5.92 Å². The van der Waals surface area contributed by atoms with Crippen LogP contribution in [0, 0.1) is 5.92 Å². The first-order valence-corrected chi connectivity index (χ1v) is 6.74. The molecule has 3 nitrogen and oxygen atoms in total. The van der Waals surface area contributed by atoms with Gasteiger partial charge in [0.1, 0.15) is 0 Å². The average molecular weight is 204 g/mol. The van der Waals surface area contributed by atoms with E-state index in [9.17, 15) is 13.5 Å². The normalized spacial score (nSPS) is 35.6. The number of aliphatic hydroxyl groups is 1. The highest BCUT2D eigenvalue weighted by Crippen LogP contribution is 2.42. The highest BCUT2D eigenvalue weighted by atomic mass is 32.2. The van der Waals surface area contributed by atoms with Gasteiger partial charge in [-0.05, 0) is 38.0 Å². The molecule has 1 unspecified atom stereocenters. The van der Waals surface area contributed by atoms with Gasteiger partial charge in [-0.15, -0.1) is 0 Å². The van der Waals surface area contributed by atoms with E-state index in [0.29, 0.717) is 17.9 Å². The van der Waals surface area contributed by atoms with Crippen molar-refractivity contribution in [3.8, 4) is 0 Å². The quantitative estimate of drug-likeness (QED) is 0.721. The van der Waals surface area contributed by atoms with Crippen LogP contribution in [0.4, 0.5) is 0 Å². The second kappa shape index (κ2) is 2.95. The zero-order valence-corrected chi connectivity index (χ0v) is 8.52. The molecule has 4 heteroatoms. The van der Waals surface area contributed by atoms with Crippen molar-refractivity contribution < 1.29 is 13.5 Å². The highest BCUT2D eigenvalue weighted by Gasteiger charge is 2.43. The molecule has 2 rings (SSSR count). The van der Waals surface area contributed by atoms with Crippen LogP contribution in [0.3, 0.4) is 0 Å². The topological polar surface area (TPSA) is 54.4 Å². The zero-order chi connectivity index (χ0) is 9.53. The first-order chi connectivity index (χ1) is 5.99. The number of sulfone groups is 1. The Balaban J connectivity index is 1.93. The summed E-state index contributed by atoms with van der Waals surface area (Å²) in [7, 11) is -2.79. The molecule has 1 saturated heterocycles. The van der Waals surface area contributed by atoms with Crippen LogP contribution in [-0.4, -0.2) is 30.6 Å². The van der Waals surface area contributed by atoms with Crippen molar-refractivity contribution in [3.63, 3.8) is 0 Å². The van der Waals surface area contributed by atoms with Gasteiger partial charge in [0, 0.05) is 0 Å². The van der Waals surface area contributed by atoms with Crippen molar-refractivity contribution in [1.82, 2.24) is 0 Å². The van der Waals surface area contributed by atoms with Gasteiger partial charge in [-0.3, -0.25) is 0 Å². The summed E-state index contributed by atoms with van der Waals surface area (Å²) in [5.41, 5.74) is -0.489. The third-order valence-electron chi connectivity index (χ3n) is 3.05. The molecule has 1 N–H and O–H groups in total. The lowest BCUT2D eigenvalue weighted by atomic mass is 9.97. The average Bonchev–Trinajstić information content (AvgIpc) is 2.65. The summed E-state index contributed by atoms with van der Waals surface area (Å²) in [4.78, 5) is 0. The largest absolute Gasteiger partial charge is 0.390 e.